The summed E-state index contributed by atoms with van der Waals surface area (Å²) in [4.78, 5) is 14.7. The molecule has 3 nitrogen and oxygen atoms in total. The van der Waals surface area contributed by atoms with E-state index in [2.05, 4.69) is 12.1 Å². The van der Waals surface area contributed by atoms with Crippen molar-refractivity contribution >= 4 is 23.2 Å². The average molecular weight is 315 g/mol. The minimum Gasteiger partial charge on any atom is -0.399 e. The van der Waals surface area contributed by atoms with Gasteiger partial charge in [0.25, 0.3) is 5.91 Å². The molecule has 3 rings (SSSR count). The van der Waals surface area contributed by atoms with E-state index in [0.29, 0.717) is 16.3 Å². The predicted molar refractivity (Wildman–Crippen MR) is 90.1 cm³/mol. The third-order valence-corrected chi connectivity index (χ3v) is 4.49. The van der Waals surface area contributed by atoms with Crippen LogP contribution in [-0.2, 0) is 6.42 Å². The number of nitrogen functional groups attached to an aromatic ring is 1. The molecule has 0 spiro atoms. The minimum absolute atomic E-state index is 0.00318. The molecule has 1 saturated heterocycles. The highest BCUT2D eigenvalue weighted by Gasteiger charge is 2.30. The van der Waals surface area contributed by atoms with Crippen LogP contribution < -0.4 is 5.73 Å². The summed E-state index contributed by atoms with van der Waals surface area (Å²) in [6.45, 7) is 0.789. The second kappa shape index (κ2) is 6.41. The second-order valence-electron chi connectivity index (χ2n) is 5.72. The predicted octanol–water partition coefficient (Wildman–Crippen LogP) is 3.77. The topological polar surface area (TPSA) is 46.3 Å². The van der Waals surface area contributed by atoms with E-state index in [9.17, 15) is 4.79 Å². The molecule has 1 fully saturated rings. The van der Waals surface area contributed by atoms with Gasteiger partial charge in [0.15, 0.2) is 0 Å². The third kappa shape index (κ3) is 3.09. The van der Waals surface area contributed by atoms with Crippen LogP contribution in [0, 0.1) is 0 Å². The molecule has 1 aliphatic heterocycles. The van der Waals surface area contributed by atoms with Gasteiger partial charge in [0.2, 0.25) is 0 Å². The summed E-state index contributed by atoms with van der Waals surface area (Å²) in [6, 6.07) is 15.6. The quantitative estimate of drug-likeness (QED) is 0.877. The Bertz CT molecular complexity index is 672. The van der Waals surface area contributed by atoms with Crippen molar-refractivity contribution in [1.29, 1.82) is 0 Å². The normalized spacial score (nSPS) is 17.7. The molecule has 1 aliphatic rings. The molecule has 0 aliphatic carbocycles. The Hall–Kier alpha value is -2.00. The average Bonchev–Trinajstić information content (AvgIpc) is 2.96. The highest BCUT2D eigenvalue weighted by molar-refractivity contribution is 6.34. The van der Waals surface area contributed by atoms with Crippen LogP contribution >= 0.6 is 11.6 Å². The van der Waals surface area contributed by atoms with Crippen molar-refractivity contribution in [1.82, 2.24) is 4.90 Å². The van der Waals surface area contributed by atoms with Crippen LogP contribution in [0.3, 0.4) is 0 Å². The van der Waals surface area contributed by atoms with E-state index < -0.39 is 0 Å². The molecule has 0 saturated carbocycles. The summed E-state index contributed by atoms with van der Waals surface area (Å²) >= 11 is 6.18. The first-order valence-corrected chi connectivity index (χ1v) is 7.93. The molecule has 0 bridgehead atoms. The van der Waals surface area contributed by atoms with Gasteiger partial charge in [-0.15, -0.1) is 0 Å². The number of nitrogens with two attached hydrogens (primary N) is 1. The molecule has 2 N–H and O–H groups in total. The van der Waals surface area contributed by atoms with Crippen molar-refractivity contribution < 1.29 is 4.79 Å². The Morgan fingerprint density at radius 1 is 1.23 bits per heavy atom. The molecule has 22 heavy (non-hydrogen) atoms. The molecule has 1 atom stereocenters. The Labute approximate surface area is 135 Å². The lowest BCUT2D eigenvalue weighted by Crippen LogP contribution is -2.37. The lowest BCUT2D eigenvalue weighted by atomic mass is 10.0. The number of nitrogens with zero attached hydrogens (tertiary/aromatic N) is 1. The SMILES string of the molecule is Nc1ccc(C(=O)N2CCCC2Cc2ccccc2)c(Cl)c1. The van der Waals surface area contributed by atoms with Gasteiger partial charge in [0, 0.05) is 18.3 Å². The molecule has 2 aromatic carbocycles. The summed E-state index contributed by atoms with van der Waals surface area (Å²) < 4.78 is 0. The molecular weight excluding hydrogens is 296 g/mol. The van der Waals surface area contributed by atoms with Crippen LogP contribution in [0.5, 0.6) is 0 Å². The Morgan fingerprint density at radius 2 is 2.00 bits per heavy atom. The maximum absolute atomic E-state index is 12.8. The number of benzene rings is 2. The van der Waals surface area contributed by atoms with Crippen LogP contribution in [0.4, 0.5) is 5.69 Å². The van der Waals surface area contributed by atoms with Gasteiger partial charge in [-0.3, -0.25) is 4.79 Å². The highest BCUT2D eigenvalue weighted by atomic mass is 35.5. The molecule has 4 heteroatoms. The summed E-state index contributed by atoms with van der Waals surface area (Å²) in [5.41, 5.74) is 8.07. The van der Waals surface area contributed by atoms with E-state index in [0.717, 1.165) is 25.8 Å². The minimum atomic E-state index is 0.00318. The fourth-order valence-electron chi connectivity index (χ4n) is 3.06. The van der Waals surface area contributed by atoms with Crippen molar-refractivity contribution in [2.45, 2.75) is 25.3 Å². The van der Waals surface area contributed by atoms with Crippen molar-refractivity contribution in [3.8, 4) is 0 Å². The number of amides is 1. The summed E-state index contributed by atoms with van der Waals surface area (Å²) in [5.74, 6) is 0.00318. The standard InChI is InChI=1S/C18H19ClN2O/c19-17-12-14(20)8-9-16(17)18(22)21-10-4-7-15(21)11-13-5-2-1-3-6-13/h1-3,5-6,8-9,12,15H,4,7,10-11,20H2. The number of carbonyl (C=O) groups excluding carboxylic acids is 1. The number of likely N-dealkylation sites (tertiary alicyclic amines) is 1. The van der Waals surface area contributed by atoms with Gasteiger partial charge < -0.3 is 10.6 Å². The van der Waals surface area contributed by atoms with Gasteiger partial charge in [0.1, 0.15) is 0 Å². The van der Waals surface area contributed by atoms with Gasteiger partial charge in [-0.2, -0.15) is 0 Å². The fourth-order valence-corrected chi connectivity index (χ4v) is 3.33. The number of hydrogen-bond donors (Lipinski definition) is 1. The van der Waals surface area contributed by atoms with Crippen LogP contribution in [0.25, 0.3) is 0 Å². The van der Waals surface area contributed by atoms with E-state index >= 15 is 0 Å². The van der Waals surface area contributed by atoms with Crippen LogP contribution in [0.15, 0.2) is 48.5 Å². The van der Waals surface area contributed by atoms with Gasteiger partial charge in [-0.05, 0) is 43.0 Å². The number of hydrogen-bond acceptors (Lipinski definition) is 2. The first-order valence-electron chi connectivity index (χ1n) is 7.55. The number of anilines is 1. The van der Waals surface area contributed by atoms with Crippen molar-refractivity contribution in [3.63, 3.8) is 0 Å². The summed E-state index contributed by atoms with van der Waals surface area (Å²) in [6.07, 6.45) is 2.96. The zero-order chi connectivity index (χ0) is 15.5. The number of rotatable bonds is 3. The Balaban J connectivity index is 1.79. The maximum atomic E-state index is 12.8. The second-order valence-corrected chi connectivity index (χ2v) is 6.13. The first-order chi connectivity index (χ1) is 10.6. The molecule has 0 aromatic heterocycles. The number of halogens is 1. The van der Waals surface area contributed by atoms with E-state index in [1.165, 1.54) is 5.56 Å². The zero-order valence-electron chi connectivity index (χ0n) is 12.3. The summed E-state index contributed by atoms with van der Waals surface area (Å²) in [7, 11) is 0. The molecule has 1 heterocycles. The largest absolute Gasteiger partial charge is 0.399 e. The zero-order valence-corrected chi connectivity index (χ0v) is 13.1. The monoisotopic (exact) mass is 314 g/mol. The summed E-state index contributed by atoms with van der Waals surface area (Å²) in [5, 5.41) is 0.426. The van der Waals surface area contributed by atoms with E-state index in [4.69, 9.17) is 17.3 Å². The van der Waals surface area contributed by atoms with Crippen LogP contribution in [0.1, 0.15) is 28.8 Å². The van der Waals surface area contributed by atoms with E-state index in [1.54, 1.807) is 18.2 Å². The third-order valence-electron chi connectivity index (χ3n) is 4.18. The van der Waals surface area contributed by atoms with Crippen molar-refractivity contribution in [3.05, 3.63) is 64.7 Å². The molecular formula is C18H19ClN2O. The van der Waals surface area contributed by atoms with Gasteiger partial charge in [-0.1, -0.05) is 41.9 Å². The first kappa shape index (κ1) is 14.9. The van der Waals surface area contributed by atoms with Crippen molar-refractivity contribution in [2.24, 2.45) is 0 Å². The van der Waals surface area contributed by atoms with Crippen molar-refractivity contribution in [2.75, 3.05) is 12.3 Å². The van der Waals surface area contributed by atoms with Gasteiger partial charge >= 0.3 is 0 Å². The lowest BCUT2D eigenvalue weighted by Gasteiger charge is -2.25. The molecule has 1 unspecified atom stereocenters. The maximum Gasteiger partial charge on any atom is 0.255 e. The molecule has 1 amide bonds. The smallest absolute Gasteiger partial charge is 0.255 e. The fraction of sp³-hybridized carbons (Fsp3) is 0.278. The highest BCUT2D eigenvalue weighted by Crippen LogP contribution is 2.27. The lowest BCUT2D eigenvalue weighted by molar-refractivity contribution is 0.0736. The number of carbonyl (C=O) groups is 1. The van der Waals surface area contributed by atoms with Crippen LogP contribution in [-0.4, -0.2) is 23.4 Å². The Morgan fingerprint density at radius 3 is 2.73 bits per heavy atom. The Kier molecular flexibility index (Phi) is 4.34. The van der Waals surface area contributed by atoms with Crippen LogP contribution in [0.2, 0.25) is 5.02 Å². The molecule has 0 radical (unpaired) electrons. The molecule has 114 valence electrons. The molecule has 2 aromatic rings. The van der Waals surface area contributed by atoms with E-state index in [-0.39, 0.29) is 11.9 Å². The van der Waals surface area contributed by atoms with E-state index in [1.807, 2.05) is 23.1 Å². The van der Waals surface area contributed by atoms with Gasteiger partial charge in [0.05, 0.1) is 10.6 Å². The van der Waals surface area contributed by atoms with Gasteiger partial charge in [-0.25, -0.2) is 0 Å².